The molecule has 0 bridgehead atoms. The molecule has 0 atom stereocenters. The molecular weight excluding hydrogens is 264 g/mol. The van der Waals surface area contributed by atoms with Gasteiger partial charge >= 0.3 is 0 Å². The van der Waals surface area contributed by atoms with Gasteiger partial charge in [-0.3, -0.25) is 0 Å². The SMILES string of the molecule is CCNc1nc(C(C)C)nc(NN2CCN(C)CC2)c1C. The highest BCUT2D eigenvalue weighted by Gasteiger charge is 2.17. The molecule has 1 aliphatic rings. The molecular formula is C15H28N6. The molecule has 1 aromatic rings. The number of hydrazine groups is 1. The molecule has 0 spiro atoms. The van der Waals surface area contributed by atoms with E-state index >= 15 is 0 Å². The predicted molar refractivity (Wildman–Crippen MR) is 87.7 cm³/mol. The summed E-state index contributed by atoms with van der Waals surface area (Å²) in [6, 6.07) is 0. The van der Waals surface area contributed by atoms with Crippen molar-refractivity contribution in [3.05, 3.63) is 11.4 Å². The van der Waals surface area contributed by atoms with Gasteiger partial charge in [-0.05, 0) is 20.9 Å². The van der Waals surface area contributed by atoms with Gasteiger partial charge in [0.15, 0.2) is 0 Å². The van der Waals surface area contributed by atoms with E-state index in [-0.39, 0.29) is 0 Å². The molecule has 2 N–H and O–H groups in total. The summed E-state index contributed by atoms with van der Waals surface area (Å²) in [5, 5.41) is 5.58. The van der Waals surface area contributed by atoms with Gasteiger partial charge in [0.05, 0.1) is 0 Å². The lowest BCUT2D eigenvalue weighted by Crippen LogP contribution is -2.47. The summed E-state index contributed by atoms with van der Waals surface area (Å²) < 4.78 is 0. The van der Waals surface area contributed by atoms with E-state index in [0.717, 1.165) is 55.7 Å². The average Bonchev–Trinajstić information content (AvgIpc) is 2.45. The number of likely N-dealkylation sites (N-methyl/N-ethyl adjacent to an activating group) is 1. The van der Waals surface area contributed by atoms with Crippen molar-refractivity contribution in [2.75, 3.05) is 50.5 Å². The first-order chi connectivity index (χ1) is 10.0. The molecule has 6 heteroatoms. The van der Waals surface area contributed by atoms with Crippen molar-refractivity contribution in [2.45, 2.75) is 33.6 Å². The number of nitrogens with one attached hydrogen (secondary N) is 2. The summed E-state index contributed by atoms with van der Waals surface area (Å²) in [5.41, 5.74) is 4.56. The van der Waals surface area contributed by atoms with E-state index in [2.05, 4.69) is 60.4 Å². The summed E-state index contributed by atoms with van der Waals surface area (Å²) in [5.74, 6) is 3.06. The van der Waals surface area contributed by atoms with Crippen LogP contribution in [0.3, 0.4) is 0 Å². The van der Waals surface area contributed by atoms with Crippen LogP contribution in [0.2, 0.25) is 0 Å². The molecule has 0 saturated carbocycles. The minimum atomic E-state index is 0.316. The number of aromatic nitrogens is 2. The Morgan fingerprint density at radius 1 is 1.10 bits per heavy atom. The van der Waals surface area contributed by atoms with Gasteiger partial charge in [0.25, 0.3) is 0 Å². The molecule has 0 amide bonds. The summed E-state index contributed by atoms with van der Waals surface area (Å²) in [4.78, 5) is 11.7. The average molecular weight is 292 g/mol. The van der Waals surface area contributed by atoms with Crippen molar-refractivity contribution in [2.24, 2.45) is 0 Å². The van der Waals surface area contributed by atoms with E-state index in [0.29, 0.717) is 5.92 Å². The Morgan fingerprint density at radius 2 is 1.71 bits per heavy atom. The lowest BCUT2D eigenvalue weighted by atomic mass is 10.2. The zero-order valence-corrected chi connectivity index (χ0v) is 13.9. The van der Waals surface area contributed by atoms with Crippen molar-refractivity contribution >= 4 is 11.6 Å². The maximum absolute atomic E-state index is 4.71. The zero-order valence-electron chi connectivity index (χ0n) is 13.9. The van der Waals surface area contributed by atoms with Crippen LogP contribution >= 0.6 is 0 Å². The largest absolute Gasteiger partial charge is 0.370 e. The van der Waals surface area contributed by atoms with Crippen molar-refractivity contribution < 1.29 is 0 Å². The quantitative estimate of drug-likeness (QED) is 0.865. The maximum atomic E-state index is 4.71. The van der Waals surface area contributed by atoms with E-state index in [1.54, 1.807) is 0 Å². The van der Waals surface area contributed by atoms with Crippen LogP contribution in [-0.4, -0.2) is 59.6 Å². The summed E-state index contributed by atoms with van der Waals surface area (Å²) in [6.07, 6.45) is 0. The van der Waals surface area contributed by atoms with Crippen LogP contribution in [0.25, 0.3) is 0 Å². The Bertz CT molecular complexity index is 465. The predicted octanol–water partition coefficient (Wildman–Crippen LogP) is 1.91. The molecule has 0 radical (unpaired) electrons. The minimum absolute atomic E-state index is 0.316. The molecule has 1 fully saturated rings. The van der Waals surface area contributed by atoms with Crippen LogP contribution in [0, 0.1) is 6.92 Å². The normalized spacial score (nSPS) is 17.2. The summed E-state index contributed by atoms with van der Waals surface area (Å²) in [6.45, 7) is 13.4. The first kappa shape index (κ1) is 16.0. The molecule has 0 aliphatic carbocycles. The van der Waals surface area contributed by atoms with E-state index in [9.17, 15) is 0 Å². The van der Waals surface area contributed by atoms with Crippen molar-refractivity contribution in [3.63, 3.8) is 0 Å². The van der Waals surface area contributed by atoms with Gasteiger partial charge in [0.1, 0.15) is 17.5 Å². The number of piperazine rings is 1. The summed E-state index contributed by atoms with van der Waals surface area (Å²) in [7, 11) is 2.16. The van der Waals surface area contributed by atoms with Gasteiger partial charge in [-0.25, -0.2) is 15.0 Å². The molecule has 21 heavy (non-hydrogen) atoms. The first-order valence-electron chi connectivity index (χ1n) is 7.83. The number of hydrogen-bond acceptors (Lipinski definition) is 6. The molecule has 118 valence electrons. The van der Waals surface area contributed by atoms with E-state index in [1.807, 2.05) is 0 Å². The number of rotatable bonds is 5. The highest BCUT2D eigenvalue weighted by molar-refractivity contribution is 5.57. The molecule has 1 saturated heterocycles. The van der Waals surface area contributed by atoms with E-state index in [4.69, 9.17) is 4.98 Å². The number of nitrogens with zero attached hydrogens (tertiary/aromatic N) is 4. The topological polar surface area (TPSA) is 56.3 Å². The first-order valence-corrected chi connectivity index (χ1v) is 7.83. The van der Waals surface area contributed by atoms with Gasteiger partial charge in [-0.2, -0.15) is 0 Å². The number of hydrogen-bond donors (Lipinski definition) is 2. The Labute approximate surface area is 127 Å². The Balaban J connectivity index is 2.20. The van der Waals surface area contributed by atoms with Crippen molar-refractivity contribution in [1.29, 1.82) is 0 Å². The third kappa shape index (κ3) is 4.04. The fraction of sp³-hybridized carbons (Fsp3) is 0.733. The smallest absolute Gasteiger partial charge is 0.149 e. The molecule has 1 aliphatic heterocycles. The number of anilines is 2. The van der Waals surface area contributed by atoms with Gasteiger partial charge in [-0.15, -0.1) is 0 Å². The molecule has 0 unspecified atom stereocenters. The lowest BCUT2D eigenvalue weighted by molar-refractivity contribution is 0.178. The fourth-order valence-corrected chi connectivity index (χ4v) is 2.31. The van der Waals surface area contributed by atoms with Gasteiger partial charge < -0.3 is 15.6 Å². The monoisotopic (exact) mass is 292 g/mol. The van der Waals surface area contributed by atoms with Crippen molar-refractivity contribution in [1.82, 2.24) is 19.9 Å². The standard InChI is InChI=1S/C15H28N6/c1-6-16-14-12(4)15(18-13(17-14)11(2)3)19-21-9-7-20(5)8-10-21/h11H,6-10H2,1-5H3,(H2,16,17,18,19). The highest BCUT2D eigenvalue weighted by Crippen LogP contribution is 2.23. The molecule has 0 aromatic carbocycles. The molecule has 1 aromatic heterocycles. The molecule has 2 heterocycles. The Morgan fingerprint density at radius 3 is 2.29 bits per heavy atom. The van der Waals surface area contributed by atoms with Crippen LogP contribution < -0.4 is 10.7 Å². The van der Waals surface area contributed by atoms with Gasteiger partial charge in [-0.1, -0.05) is 13.8 Å². The van der Waals surface area contributed by atoms with Crippen LogP contribution in [0.15, 0.2) is 0 Å². The lowest BCUT2D eigenvalue weighted by Gasteiger charge is -2.33. The molecule has 2 rings (SSSR count). The van der Waals surface area contributed by atoms with Crippen LogP contribution in [0.5, 0.6) is 0 Å². The van der Waals surface area contributed by atoms with Crippen LogP contribution in [0.4, 0.5) is 11.6 Å². The highest BCUT2D eigenvalue weighted by atomic mass is 15.5. The van der Waals surface area contributed by atoms with Crippen LogP contribution in [0.1, 0.15) is 38.1 Å². The van der Waals surface area contributed by atoms with E-state index < -0.39 is 0 Å². The Kier molecular flexibility index (Phi) is 5.36. The second-order valence-corrected chi connectivity index (χ2v) is 5.99. The van der Waals surface area contributed by atoms with E-state index in [1.165, 1.54) is 0 Å². The van der Waals surface area contributed by atoms with Crippen molar-refractivity contribution in [3.8, 4) is 0 Å². The van der Waals surface area contributed by atoms with Gasteiger partial charge in [0.2, 0.25) is 0 Å². The Hall–Kier alpha value is -1.40. The maximum Gasteiger partial charge on any atom is 0.149 e. The third-order valence-corrected chi connectivity index (χ3v) is 3.79. The zero-order chi connectivity index (χ0) is 15.4. The fourth-order valence-electron chi connectivity index (χ4n) is 2.31. The third-order valence-electron chi connectivity index (χ3n) is 3.79. The minimum Gasteiger partial charge on any atom is -0.370 e. The molecule has 6 nitrogen and oxygen atoms in total. The second kappa shape index (κ2) is 7.04. The second-order valence-electron chi connectivity index (χ2n) is 5.99. The summed E-state index contributed by atoms with van der Waals surface area (Å²) >= 11 is 0. The van der Waals surface area contributed by atoms with Crippen LogP contribution in [-0.2, 0) is 0 Å². The van der Waals surface area contributed by atoms with Gasteiger partial charge in [0, 0.05) is 44.2 Å².